The maximum Gasteiger partial charge on any atom is 0.534 e. The van der Waals surface area contributed by atoms with Crippen LogP contribution in [0.4, 0.5) is 18.0 Å². The first-order chi connectivity index (χ1) is 8.99. The average molecular weight is 319 g/mol. The van der Waals surface area contributed by atoms with Crippen LogP contribution in [0.15, 0.2) is 11.8 Å². The van der Waals surface area contributed by atoms with Crippen LogP contribution in [0, 0.1) is 0 Å². The first kappa shape index (κ1) is 16.1. The van der Waals surface area contributed by atoms with Crippen LogP contribution in [0.2, 0.25) is 0 Å². The Kier molecular flexibility index (Phi) is 4.17. The molecule has 1 aliphatic rings. The van der Waals surface area contributed by atoms with Gasteiger partial charge in [-0.2, -0.15) is 21.6 Å². The minimum absolute atomic E-state index is 0.368. The molecule has 1 heterocycles. The summed E-state index contributed by atoms with van der Waals surface area (Å²) in [4.78, 5) is 22.4. The number of carboxylic acid groups (broad SMARTS) is 1. The summed E-state index contributed by atoms with van der Waals surface area (Å²) in [6.07, 6.45) is -1.02. The predicted molar refractivity (Wildman–Crippen MR) is 54.7 cm³/mol. The van der Waals surface area contributed by atoms with Crippen LogP contribution in [0.25, 0.3) is 0 Å². The van der Waals surface area contributed by atoms with Crippen molar-refractivity contribution in [2.75, 3.05) is 13.7 Å². The van der Waals surface area contributed by atoms with E-state index < -0.39 is 46.0 Å². The normalized spacial score (nSPS) is 19.5. The van der Waals surface area contributed by atoms with E-state index in [0.29, 0.717) is 11.0 Å². The Morgan fingerprint density at radius 1 is 1.45 bits per heavy atom. The van der Waals surface area contributed by atoms with Crippen molar-refractivity contribution in [2.24, 2.45) is 0 Å². The lowest BCUT2D eigenvalue weighted by molar-refractivity contribution is -0.144. The molecular formula is C8H8F3NO7S. The quantitative estimate of drug-likeness (QED) is 0.451. The molecule has 1 unspecified atom stereocenters. The molecule has 0 saturated heterocycles. The molecule has 1 amide bonds. The SMILES string of the molecule is COC(=O)C1C=C(OS(=O)(=O)C(F)(F)F)CN1C(=O)O. The Labute approximate surface area is 110 Å². The van der Waals surface area contributed by atoms with Gasteiger partial charge in [-0.3, -0.25) is 4.90 Å². The molecule has 0 bridgehead atoms. The molecule has 0 radical (unpaired) electrons. The van der Waals surface area contributed by atoms with Crippen LogP contribution in [0.1, 0.15) is 0 Å². The first-order valence-electron chi connectivity index (χ1n) is 4.78. The second-order valence-electron chi connectivity index (χ2n) is 3.49. The summed E-state index contributed by atoms with van der Waals surface area (Å²) in [6, 6.07) is -1.57. The number of alkyl halides is 3. The van der Waals surface area contributed by atoms with Gasteiger partial charge in [0.2, 0.25) is 0 Å². The third kappa shape index (κ3) is 3.12. The second kappa shape index (κ2) is 5.19. The van der Waals surface area contributed by atoms with Crippen LogP contribution < -0.4 is 0 Å². The maximum absolute atomic E-state index is 12.1. The minimum Gasteiger partial charge on any atom is -0.467 e. The Balaban J connectivity index is 2.99. The van der Waals surface area contributed by atoms with E-state index in [1.54, 1.807) is 0 Å². The summed E-state index contributed by atoms with van der Waals surface area (Å²) >= 11 is 0. The Morgan fingerprint density at radius 3 is 2.40 bits per heavy atom. The molecule has 114 valence electrons. The molecule has 0 saturated carbocycles. The lowest BCUT2D eigenvalue weighted by Gasteiger charge is -2.18. The Hall–Kier alpha value is -1.98. The zero-order valence-electron chi connectivity index (χ0n) is 9.75. The zero-order chi connectivity index (χ0) is 15.7. The van der Waals surface area contributed by atoms with Gasteiger partial charge >= 0.3 is 27.7 Å². The van der Waals surface area contributed by atoms with Crippen LogP contribution in [0.3, 0.4) is 0 Å². The van der Waals surface area contributed by atoms with Gasteiger partial charge in [0.1, 0.15) is 5.76 Å². The van der Waals surface area contributed by atoms with Crippen molar-refractivity contribution < 1.29 is 45.2 Å². The summed E-state index contributed by atoms with van der Waals surface area (Å²) in [7, 11) is -4.99. The maximum atomic E-state index is 12.1. The van der Waals surface area contributed by atoms with Gasteiger partial charge < -0.3 is 14.0 Å². The van der Waals surface area contributed by atoms with E-state index >= 15 is 0 Å². The largest absolute Gasteiger partial charge is 0.534 e. The van der Waals surface area contributed by atoms with Gasteiger partial charge in [0.05, 0.1) is 13.7 Å². The second-order valence-corrected chi connectivity index (χ2v) is 5.03. The van der Waals surface area contributed by atoms with Gasteiger partial charge in [0.15, 0.2) is 6.04 Å². The highest BCUT2D eigenvalue weighted by Gasteiger charge is 2.50. The van der Waals surface area contributed by atoms with Gasteiger partial charge in [-0.1, -0.05) is 0 Å². The van der Waals surface area contributed by atoms with Crippen LogP contribution in [-0.2, 0) is 23.8 Å². The van der Waals surface area contributed by atoms with Gasteiger partial charge in [-0.15, -0.1) is 0 Å². The number of amides is 1. The van der Waals surface area contributed by atoms with Crippen molar-refractivity contribution in [1.82, 2.24) is 4.90 Å². The smallest absolute Gasteiger partial charge is 0.467 e. The number of rotatable bonds is 3. The summed E-state index contributed by atoms with van der Waals surface area (Å²) < 4.78 is 65.8. The molecule has 1 N–H and O–H groups in total. The van der Waals surface area contributed by atoms with Crippen molar-refractivity contribution >= 4 is 22.2 Å². The monoisotopic (exact) mass is 319 g/mol. The van der Waals surface area contributed by atoms with E-state index in [0.717, 1.165) is 7.11 Å². The summed E-state index contributed by atoms with van der Waals surface area (Å²) in [5, 5.41) is 8.76. The topological polar surface area (TPSA) is 110 Å². The van der Waals surface area contributed by atoms with E-state index in [9.17, 15) is 31.2 Å². The molecule has 0 spiro atoms. The average Bonchev–Trinajstić information content (AvgIpc) is 2.69. The highest BCUT2D eigenvalue weighted by atomic mass is 32.2. The Morgan fingerprint density at radius 2 is 2.00 bits per heavy atom. The molecule has 1 rings (SSSR count). The standard InChI is InChI=1S/C8H8F3NO7S/c1-18-6(13)5-2-4(3-12(5)7(14)15)19-20(16,17)8(9,10)11/h2,5H,3H2,1H3,(H,14,15). The van der Waals surface area contributed by atoms with Gasteiger partial charge in [-0.05, 0) is 6.08 Å². The molecule has 0 aliphatic carbocycles. The molecule has 20 heavy (non-hydrogen) atoms. The summed E-state index contributed by atoms with van der Waals surface area (Å²) in [6.45, 7) is -0.829. The van der Waals surface area contributed by atoms with E-state index in [4.69, 9.17) is 5.11 Å². The number of esters is 1. The fraction of sp³-hybridized carbons (Fsp3) is 0.500. The van der Waals surface area contributed by atoms with Crippen LogP contribution in [-0.4, -0.2) is 55.7 Å². The van der Waals surface area contributed by atoms with Crippen molar-refractivity contribution in [3.63, 3.8) is 0 Å². The van der Waals surface area contributed by atoms with E-state index in [1.807, 2.05) is 0 Å². The first-order valence-corrected chi connectivity index (χ1v) is 6.19. The summed E-state index contributed by atoms with van der Waals surface area (Å²) in [5.41, 5.74) is -5.66. The highest BCUT2D eigenvalue weighted by molar-refractivity contribution is 7.87. The van der Waals surface area contributed by atoms with Crippen LogP contribution >= 0.6 is 0 Å². The van der Waals surface area contributed by atoms with Crippen molar-refractivity contribution in [3.8, 4) is 0 Å². The van der Waals surface area contributed by atoms with Gasteiger partial charge in [0.25, 0.3) is 0 Å². The fourth-order valence-electron chi connectivity index (χ4n) is 1.33. The third-order valence-corrected chi connectivity index (χ3v) is 3.19. The highest BCUT2D eigenvalue weighted by Crippen LogP contribution is 2.29. The van der Waals surface area contributed by atoms with E-state index in [-0.39, 0.29) is 0 Å². The van der Waals surface area contributed by atoms with Crippen molar-refractivity contribution in [2.45, 2.75) is 11.6 Å². The number of nitrogens with zero attached hydrogens (tertiary/aromatic N) is 1. The molecule has 0 aromatic rings. The van der Waals surface area contributed by atoms with E-state index in [1.165, 1.54) is 0 Å². The number of halogens is 3. The molecular weight excluding hydrogens is 311 g/mol. The molecule has 8 nitrogen and oxygen atoms in total. The van der Waals surface area contributed by atoms with Gasteiger partial charge in [0, 0.05) is 0 Å². The molecule has 1 aliphatic heterocycles. The van der Waals surface area contributed by atoms with Crippen molar-refractivity contribution in [1.29, 1.82) is 0 Å². The molecule has 0 fully saturated rings. The number of carbonyl (C=O) groups excluding carboxylic acids is 1. The third-order valence-electron chi connectivity index (χ3n) is 2.19. The van der Waals surface area contributed by atoms with Crippen LogP contribution in [0.5, 0.6) is 0 Å². The molecule has 0 aromatic carbocycles. The Bertz CT molecular complexity index is 553. The zero-order valence-corrected chi connectivity index (χ0v) is 10.6. The number of carbonyl (C=O) groups is 2. The molecule has 1 atom stereocenters. The summed E-state index contributed by atoms with van der Waals surface area (Å²) in [5.74, 6) is -1.92. The lowest BCUT2D eigenvalue weighted by Crippen LogP contribution is -2.40. The van der Waals surface area contributed by atoms with Gasteiger partial charge in [-0.25, -0.2) is 9.59 Å². The lowest BCUT2D eigenvalue weighted by atomic mass is 10.3. The number of hydrogen-bond donors (Lipinski definition) is 1. The number of hydrogen-bond acceptors (Lipinski definition) is 6. The predicted octanol–water partition coefficient (Wildman–Crippen LogP) is 0.272. The molecule has 0 aromatic heterocycles. The molecule has 12 heteroatoms. The fourth-order valence-corrected chi connectivity index (χ4v) is 1.81. The number of methoxy groups -OCH3 is 1. The number of ether oxygens (including phenoxy) is 1. The van der Waals surface area contributed by atoms with E-state index in [2.05, 4.69) is 8.92 Å². The van der Waals surface area contributed by atoms with Crippen molar-refractivity contribution in [3.05, 3.63) is 11.8 Å². The minimum atomic E-state index is -5.93.